The largest absolute Gasteiger partial charge is 0.496 e. The van der Waals surface area contributed by atoms with Crippen molar-refractivity contribution in [3.05, 3.63) is 83.7 Å². The quantitative estimate of drug-likeness (QED) is 0.542. The Morgan fingerprint density at radius 3 is 2.61 bits per heavy atom. The van der Waals surface area contributed by atoms with Crippen LogP contribution in [0.5, 0.6) is 5.75 Å². The summed E-state index contributed by atoms with van der Waals surface area (Å²) in [6.45, 7) is 2.69. The molecular weight excluding hydrogens is 414 g/mol. The summed E-state index contributed by atoms with van der Waals surface area (Å²) in [7, 11) is 3.37. The fourth-order valence-electron chi connectivity index (χ4n) is 4.77. The summed E-state index contributed by atoms with van der Waals surface area (Å²) in [4.78, 5) is 19.1. The summed E-state index contributed by atoms with van der Waals surface area (Å²) in [5, 5.41) is 0. The van der Waals surface area contributed by atoms with E-state index in [4.69, 9.17) is 15.2 Å². The smallest absolute Gasteiger partial charge is 0.225 e. The lowest BCUT2D eigenvalue weighted by molar-refractivity contribution is -0.127. The second-order valence-corrected chi connectivity index (χ2v) is 8.80. The molecule has 1 aliphatic rings. The second kappa shape index (κ2) is 10.1. The van der Waals surface area contributed by atoms with E-state index >= 15 is 0 Å². The Morgan fingerprint density at radius 1 is 1.06 bits per heavy atom. The zero-order chi connectivity index (χ0) is 23.3. The number of primary amides is 1. The van der Waals surface area contributed by atoms with Gasteiger partial charge in [-0.05, 0) is 65.9 Å². The second-order valence-electron chi connectivity index (χ2n) is 8.80. The van der Waals surface area contributed by atoms with Gasteiger partial charge in [-0.15, -0.1) is 0 Å². The Bertz CT molecular complexity index is 1100. The van der Waals surface area contributed by atoms with Crippen LogP contribution in [-0.4, -0.2) is 43.1 Å². The number of hydrogen-bond donors (Lipinski definition) is 1. The van der Waals surface area contributed by atoms with Crippen LogP contribution in [-0.2, 0) is 29.1 Å². The fourth-order valence-corrected chi connectivity index (χ4v) is 4.77. The van der Waals surface area contributed by atoms with E-state index in [2.05, 4.69) is 34.1 Å². The van der Waals surface area contributed by atoms with Crippen molar-refractivity contribution in [2.75, 3.05) is 27.3 Å². The van der Waals surface area contributed by atoms with Gasteiger partial charge >= 0.3 is 0 Å². The van der Waals surface area contributed by atoms with Crippen LogP contribution in [0, 0.1) is 5.41 Å². The Balaban J connectivity index is 1.52. The lowest BCUT2D eigenvalue weighted by Gasteiger charge is -2.27. The van der Waals surface area contributed by atoms with Crippen molar-refractivity contribution in [3.63, 3.8) is 0 Å². The molecule has 1 aromatic heterocycles. The van der Waals surface area contributed by atoms with Crippen molar-refractivity contribution >= 4 is 5.91 Å². The van der Waals surface area contributed by atoms with Crippen molar-refractivity contribution < 1.29 is 14.3 Å². The fraction of sp³-hybridized carbons (Fsp3) is 0.333. The maximum Gasteiger partial charge on any atom is 0.225 e. The predicted octanol–water partition coefficient (Wildman–Crippen LogP) is 3.82. The Labute approximate surface area is 195 Å². The van der Waals surface area contributed by atoms with E-state index in [1.807, 2.05) is 30.3 Å². The number of nitrogens with two attached hydrogens (primary N) is 1. The molecule has 4 rings (SSSR count). The van der Waals surface area contributed by atoms with Gasteiger partial charge < -0.3 is 15.2 Å². The number of aromatic nitrogens is 1. The Kier molecular flexibility index (Phi) is 7.06. The number of carbonyl (C=O) groups excluding carboxylic acids is 1. The molecule has 3 aromatic rings. The van der Waals surface area contributed by atoms with Gasteiger partial charge in [-0.25, -0.2) is 0 Å². The number of amides is 1. The number of rotatable bonds is 9. The Hall–Kier alpha value is -3.22. The molecular formula is C27H31N3O3. The van der Waals surface area contributed by atoms with Crippen LogP contribution in [0.15, 0.2) is 67.0 Å². The van der Waals surface area contributed by atoms with Crippen LogP contribution >= 0.6 is 0 Å². The molecule has 2 aromatic carbocycles. The molecule has 0 saturated carbocycles. The number of carbonyl (C=O) groups is 1. The molecule has 0 radical (unpaired) electrons. The van der Waals surface area contributed by atoms with Crippen LogP contribution in [0.2, 0.25) is 0 Å². The minimum absolute atomic E-state index is 0.237. The van der Waals surface area contributed by atoms with E-state index in [1.54, 1.807) is 26.6 Å². The average Bonchev–Trinajstić information content (AvgIpc) is 3.24. The summed E-state index contributed by atoms with van der Waals surface area (Å²) in [6, 6.07) is 18.4. The maximum atomic E-state index is 12.7. The molecule has 0 aliphatic carbocycles. The molecule has 1 fully saturated rings. The predicted molar refractivity (Wildman–Crippen MR) is 129 cm³/mol. The molecule has 6 nitrogen and oxygen atoms in total. The molecule has 1 aliphatic heterocycles. The van der Waals surface area contributed by atoms with Gasteiger partial charge in [0.1, 0.15) is 5.75 Å². The highest BCUT2D eigenvalue weighted by Gasteiger charge is 2.43. The molecule has 0 bridgehead atoms. The molecule has 1 atom stereocenters. The molecule has 1 amide bonds. The topological polar surface area (TPSA) is 77.7 Å². The number of methoxy groups -OCH3 is 2. The number of benzene rings is 2. The highest BCUT2D eigenvalue weighted by Crippen LogP contribution is 2.36. The van der Waals surface area contributed by atoms with Crippen LogP contribution in [0.4, 0.5) is 0 Å². The van der Waals surface area contributed by atoms with Crippen molar-refractivity contribution in [1.29, 1.82) is 0 Å². The number of ether oxygens (including phenoxy) is 2. The molecule has 0 unspecified atom stereocenters. The molecule has 0 spiro atoms. The van der Waals surface area contributed by atoms with E-state index in [0.717, 1.165) is 46.5 Å². The zero-order valence-electron chi connectivity index (χ0n) is 19.3. The molecule has 1 saturated heterocycles. The number of likely N-dealkylation sites (tertiary alicyclic amines) is 1. The van der Waals surface area contributed by atoms with Gasteiger partial charge in [-0.1, -0.05) is 30.3 Å². The van der Waals surface area contributed by atoms with E-state index in [0.29, 0.717) is 26.1 Å². The average molecular weight is 446 g/mol. The number of hydrogen-bond acceptors (Lipinski definition) is 5. The third-order valence-electron chi connectivity index (χ3n) is 6.49. The molecule has 2 heterocycles. The monoisotopic (exact) mass is 445 g/mol. The van der Waals surface area contributed by atoms with Gasteiger partial charge in [0.25, 0.3) is 0 Å². The third kappa shape index (κ3) is 5.24. The highest BCUT2D eigenvalue weighted by atomic mass is 16.5. The van der Waals surface area contributed by atoms with Crippen molar-refractivity contribution in [2.24, 2.45) is 11.1 Å². The first-order chi connectivity index (χ1) is 16.0. The first-order valence-corrected chi connectivity index (χ1v) is 11.2. The SMILES string of the molecule is COCc1ccc(OC)c(CN2CC[C@](Cc3cccc(-c4ccncc4)c3)(C(N)=O)C2)c1. The van der Waals surface area contributed by atoms with Crippen LogP contribution in [0.3, 0.4) is 0 Å². The summed E-state index contributed by atoms with van der Waals surface area (Å²) in [5.41, 5.74) is 10.9. The summed E-state index contributed by atoms with van der Waals surface area (Å²) < 4.78 is 10.9. The van der Waals surface area contributed by atoms with E-state index in [9.17, 15) is 4.79 Å². The molecule has 33 heavy (non-hydrogen) atoms. The first-order valence-electron chi connectivity index (χ1n) is 11.2. The minimum atomic E-state index is -0.589. The summed E-state index contributed by atoms with van der Waals surface area (Å²) >= 11 is 0. The van der Waals surface area contributed by atoms with Crippen molar-refractivity contribution in [2.45, 2.75) is 26.0 Å². The van der Waals surface area contributed by atoms with Gasteiger partial charge in [-0.3, -0.25) is 14.7 Å². The van der Waals surface area contributed by atoms with Crippen molar-refractivity contribution in [1.82, 2.24) is 9.88 Å². The first kappa shape index (κ1) is 23.0. The number of nitrogens with zero attached hydrogens (tertiary/aromatic N) is 2. The summed E-state index contributed by atoms with van der Waals surface area (Å²) in [5.74, 6) is 0.607. The van der Waals surface area contributed by atoms with Crippen LogP contribution in [0.25, 0.3) is 11.1 Å². The van der Waals surface area contributed by atoms with Gasteiger partial charge in [0.15, 0.2) is 0 Å². The number of pyridine rings is 1. The highest BCUT2D eigenvalue weighted by molar-refractivity contribution is 5.82. The van der Waals surface area contributed by atoms with Gasteiger partial charge in [0.05, 0.1) is 19.1 Å². The van der Waals surface area contributed by atoms with Crippen molar-refractivity contribution in [3.8, 4) is 16.9 Å². The van der Waals surface area contributed by atoms with E-state index in [-0.39, 0.29) is 5.91 Å². The molecule has 6 heteroatoms. The van der Waals surface area contributed by atoms with Crippen LogP contribution < -0.4 is 10.5 Å². The standard InChI is InChI=1S/C27H31N3O3/c1-32-18-21-6-7-25(33-2)24(15-21)17-30-13-10-27(19-30,26(28)31)16-20-4-3-5-23(14-20)22-8-11-29-12-9-22/h3-9,11-12,14-15H,10,13,16-19H2,1-2H3,(H2,28,31)/t27-/m1/s1. The summed E-state index contributed by atoms with van der Waals surface area (Å²) in [6.07, 6.45) is 4.94. The normalized spacial score (nSPS) is 18.4. The minimum Gasteiger partial charge on any atom is -0.496 e. The lowest BCUT2D eigenvalue weighted by atomic mass is 9.79. The molecule has 172 valence electrons. The lowest BCUT2D eigenvalue weighted by Crippen LogP contribution is -2.41. The molecule has 2 N–H and O–H groups in total. The van der Waals surface area contributed by atoms with Gasteiger partial charge in [0, 0.05) is 38.2 Å². The van der Waals surface area contributed by atoms with E-state index < -0.39 is 5.41 Å². The van der Waals surface area contributed by atoms with Crippen LogP contribution in [0.1, 0.15) is 23.1 Å². The Morgan fingerprint density at radius 2 is 1.88 bits per heavy atom. The van der Waals surface area contributed by atoms with Gasteiger partial charge in [-0.2, -0.15) is 0 Å². The van der Waals surface area contributed by atoms with Gasteiger partial charge in [0.2, 0.25) is 5.91 Å². The maximum absolute atomic E-state index is 12.7. The third-order valence-corrected chi connectivity index (χ3v) is 6.49. The zero-order valence-corrected chi connectivity index (χ0v) is 19.3. The van der Waals surface area contributed by atoms with E-state index in [1.165, 1.54) is 0 Å².